The zero-order valence-electron chi connectivity index (χ0n) is 14.5. The first-order valence-electron chi connectivity index (χ1n) is 8.34. The molecule has 2 aliphatic rings. The summed E-state index contributed by atoms with van der Waals surface area (Å²) in [5.74, 6) is 0.397. The minimum atomic E-state index is -0.465. The van der Waals surface area contributed by atoms with Crippen molar-refractivity contribution in [1.82, 2.24) is 4.90 Å². The van der Waals surface area contributed by atoms with Gasteiger partial charge in [-0.05, 0) is 30.2 Å². The molecule has 0 aliphatic carbocycles. The summed E-state index contributed by atoms with van der Waals surface area (Å²) >= 11 is 1.49. The standard InChI is InChI=1S/C21H15N5S/c1-13-2-6-15(7-3-13)18-12-27-21-25-19(17(11-23)20(24)26(18)21)16-8-4-14(10-22)5-9-16/h2-9,12,19H,24H2,1H3. The monoisotopic (exact) mass is 369 g/mol. The van der Waals surface area contributed by atoms with E-state index in [4.69, 9.17) is 16.0 Å². The van der Waals surface area contributed by atoms with Gasteiger partial charge in [-0.3, -0.25) is 4.90 Å². The second-order valence-electron chi connectivity index (χ2n) is 6.28. The van der Waals surface area contributed by atoms with Crippen molar-refractivity contribution in [3.8, 4) is 12.1 Å². The number of aryl methyl sites for hydroxylation is 1. The van der Waals surface area contributed by atoms with Crippen LogP contribution in [-0.4, -0.2) is 10.1 Å². The molecule has 2 N–H and O–H groups in total. The molecule has 2 aromatic rings. The van der Waals surface area contributed by atoms with Gasteiger partial charge in [0.15, 0.2) is 5.17 Å². The SMILES string of the molecule is Cc1ccc(C2=CSC3=NC(c4ccc(C#N)cc4)C(C#N)=C(N)N23)cc1. The number of hydrogen-bond acceptors (Lipinski definition) is 6. The van der Waals surface area contributed by atoms with E-state index in [1.54, 1.807) is 12.1 Å². The van der Waals surface area contributed by atoms with Crippen molar-refractivity contribution in [1.29, 1.82) is 10.5 Å². The number of nitrogens with zero attached hydrogens (tertiary/aromatic N) is 4. The molecule has 2 aliphatic heterocycles. The number of nitrogens with two attached hydrogens (primary N) is 1. The third kappa shape index (κ3) is 2.87. The Bertz CT molecular complexity index is 1080. The van der Waals surface area contributed by atoms with E-state index in [0.29, 0.717) is 17.0 Å². The molecule has 0 saturated carbocycles. The van der Waals surface area contributed by atoms with Gasteiger partial charge in [0, 0.05) is 5.41 Å². The molecule has 2 heterocycles. The molecule has 0 bridgehead atoms. The molecule has 0 radical (unpaired) electrons. The summed E-state index contributed by atoms with van der Waals surface area (Å²) in [6.45, 7) is 2.04. The zero-order chi connectivity index (χ0) is 19.0. The second-order valence-corrected chi connectivity index (χ2v) is 7.12. The Morgan fingerprint density at radius 1 is 1.04 bits per heavy atom. The molecule has 27 heavy (non-hydrogen) atoms. The number of amidine groups is 1. The van der Waals surface area contributed by atoms with E-state index in [1.807, 2.05) is 53.6 Å². The van der Waals surface area contributed by atoms with Crippen LogP contribution in [0.15, 0.2) is 70.3 Å². The van der Waals surface area contributed by atoms with Crippen molar-refractivity contribution >= 4 is 22.6 Å². The van der Waals surface area contributed by atoms with Gasteiger partial charge in [-0.15, -0.1) is 0 Å². The molecular formula is C21H15N5S. The van der Waals surface area contributed by atoms with Crippen molar-refractivity contribution < 1.29 is 0 Å². The molecule has 1 unspecified atom stereocenters. The number of benzene rings is 2. The van der Waals surface area contributed by atoms with Crippen LogP contribution in [0.3, 0.4) is 0 Å². The van der Waals surface area contributed by atoms with Crippen molar-refractivity contribution in [3.05, 3.63) is 87.6 Å². The molecule has 0 amide bonds. The van der Waals surface area contributed by atoms with Crippen molar-refractivity contribution in [2.75, 3.05) is 0 Å². The normalized spacial score (nSPS) is 18.3. The summed E-state index contributed by atoms with van der Waals surface area (Å²) in [5.41, 5.74) is 11.3. The Labute approximate surface area is 161 Å². The van der Waals surface area contributed by atoms with Gasteiger partial charge >= 0.3 is 0 Å². The highest BCUT2D eigenvalue weighted by Gasteiger charge is 2.35. The van der Waals surface area contributed by atoms with Gasteiger partial charge in [-0.2, -0.15) is 10.5 Å². The predicted octanol–water partition coefficient (Wildman–Crippen LogP) is 4.02. The third-order valence-electron chi connectivity index (χ3n) is 4.56. The molecule has 4 rings (SSSR count). The van der Waals surface area contributed by atoms with Crippen molar-refractivity contribution in [3.63, 3.8) is 0 Å². The first-order valence-corrected chi connectivity index (χ1v) is 9.22. The maximum Gasteiger partial charge on any atom is 0.174 e. The van der Waals surface area contributed by atoms with Crippen LogP contribution >= 0.6 is 11.8 Å². The van der Waals surface area contributed by atoms with E-state index >= 15 is 0 Å². The maximum absolute atomic E-state index is 9.74. The highest BCUT2D eigenvalue weighted by molar-refractivity contribution is 8.16. The van der Waals surface area contributed by atoms with Crippen LogP contribution in [0.1, 0.15) is 28.3 Å². The Morgan fingerprint density at radius 2 is 1.74 bits per heavy atom. The first kappa shape index (κ1) is 17.0. The average Bonchev–Trinajstić information content (AvgIpc) is 3.13. The van der Waals surface area contributed by atoms with Crippen LogP contribution in [0.5, 0.6) is 0 Å². The minimum Gasteiger partial charge on any atom is -0.384 e. The average molecular weight is 369 g/mol. The Kier molecular flexibility index (Phi) is 4.19. The Morgan fingerprint density at radius 3 is 2.37 bits per heavy atom. The largest absolute Gasteiger partial charge is 0.384 e. The summed E-state index contributed by atoms with van der Waals surface area (Å²) in [7, 11) is 0. The van der Waals surface area contributed by atoms with Crippen LogP contribution in [0.2, 0.25) is 0 Å². The summed E-state index contributed by atoms with van der Waals surface area (Å²) in [6.07, 6.45) is 0. The van der Waals surface area contributed by atoms with Crippen LogP contribution in [0.4, 0.5) is 0 Å². The Balaban J connectivity index is 1.75. The van der Waals surface area contributed by atoms with E-state index in [0.717, 1.165) is 22.0 Å². The molecule has 1 atom stereocenters. The number of nitriles is 2. The number of thioether (sulfide) groups is 1. The van der Waals surface area contributed by atoms with Gasteiger partial charge in [-0.1, -0.05) is 53.7 Å². The lowest BCUT2D eigenvalue weighted by Crippen LogP contribution is -2.33. The lowest BCUT2D eigenvalue weighted by Gasteiger charge is -2.30. The zero-order valence-corrected chi connectivity index (χ0v) is 15.4. The van der Waals surface area contributed by atoms with Crippen molar-refractivity contribution in [2.24, 2.45) is 10.7 Å². The van der Waals surface area contributed by atoms with Gasteiger partial charge in [0.1, 0.15) is 17.9 Å². The smallest absolute Gasteiger partial charge is 0.174 e. The fourth-order valence-electron chi connectivity index (χ4n) is 3.09. The molecular weight excluding hydrogens is 354 g/mol. The molecule has 5 nitrogen and oxygen atoms in total. The maximum atomic E-state index is 9.74. The number of aliphatic imine (C=N–C) groups is 1. The van der Waals surface area contributed by atoms with Gasteiger partial charge in [-0.25, -0.2) is 4.99 Å². The van der Waals surface area contributed by atoms with Crippen LogP contribution in [-0.2, 0) is 0 Å². The van der Waals surface area contributed by atoms with E-state index in [9.17, 15) is 5.26 Å². The van der Waals surface area contributed by atoms with Crippen molar-refractivity contribution in [2.45, 2.75) is 13.0 Å². The van der Waals surface area contributed by atoms with E-state index in [2.05, 4.69) is 12.1 Å². The predicted molar refractivity (Wildman–Crippen MR) is 107 cm³/mol. The number of fused-ring (bicyclic) bond motifs is 1. The highest BCUT2D eigenvalue weighted by Crippen LogP contribution is 2.42. The molecule has 0 fully saturated rings. The summed E-state index contributed by atoms with van der Waals surface area (Å²) < 4.78 is 0. The topological polar surface area (TPSA) is 89.2 Å². The molecule has 0 aromatic heterocycles. The summed E-state index contributed by atoms with van der Waals surface area (Å²) in [6, 6.07) is 19.1. The van der Waals surface area contributed by atoms with Crippen LogP contribution < -0.4 is 5.73 Å². The second kappa shape index (κ2) is 6.68. The first-order chi connectivity index (χ1) is 13.1. The lowest BCUT2D eigenvalue weighted by molar-refractivity contribution is 0.651. The molecule has 6 heteroatoms. The molecule has 0 spiro atoms. The van der Waals surface area contributed by atoms with Crippen LogP contribution in [0.25, 0.3) is 5.70 Å². The summed E-state index contributed by atoms with van der Waals surface area (Å²) in [5, 5.41) is 21.5. The molecule has 2 aromatic carbocycles. The minimum absolute atomic E-state index is 0.397. The lowest BCUT2D eigenvalue weighted by atomic mass is 9.97. The van der Waals surface area contributed by atoms with Gasteiger partial charge < -0.3 is 5.73 Å². The van der Waals surface area contributed by atoms with E-state index in [-0.39, 0.29) is 0 Å². The number of hydrogen-bond donors (Lipinski definition) is 1. The van der Waals surface area contributed by atoms with Gasteiger partial charge in [0.05, 0.1) is 22.9 Å². The van der Waals surface area contributed by atoms with E-state index < -0.39 is 6.04 Å². The van der Waals surface area contributed by atoms with Gasteiger partial charge in [0.2, 0.25) is 0 Å². The molecule has 0 saturated heterocycles. The fourth-order valence-corrected chi connectivity index (χ4v) is 4.02. The highest BCUT2D eigenvalue weighted by atomic mass is 32.2. The molecule has 130 valence electrons. The number of rotatable bonds is 2. The quantitative estimate of drug-likeness (QED) is 0.863. The third-order valence-corrected chi connectivity index (χ3v) is 5.40. The fraction of sp³-hybridized carbons (Fsp3) is 0.0952. The Hall–Kier alpha value is -3.48. The summed E-state index contributed by atoms with van der Waals surface area (Å²) in [4.78, 5) is 6.62. The van der Waals surface area contributed by atoms with E-state index in [1.165, 1.54) is 17.3 Å². The van der Waals surface area contributed by atoms with Gasteiger partial charge in [0.25, 0.3) is 0 Å². The van der Waals surface area contributed by atoms with Crippen LogP contribution in [0, 0.1) is 29.6 Å².